The van der Waals surface area contributed by atoms with Gasteiger partial charge in [0.25, 0.3) is 0 Å². The molecule has 1 aliphatic rings. The van der Waals surface area contributed by atoms with Gasteiger partial charge in [0, 0.05) is 25.2 Å². The minimum atomic E-state index is -0.452. The summed E-state index contributed by atoms with van der Waals surface area (Å²) in [6, 6.07) is 1.84. The van der Waals surface area contributed by atoms with E-state index in [2.05, 4.69) is 20.9 Å². The normalized spacial score (nSPS) is 18.7. The number of carbonyl (C=O) groups is 1. The van der Waals surface area contributed by atoms with E-state index in [1.807, 2.05) is 26.8 Å². The maximum Gasteiger partial charge on any atom is 0.410 e. The first kappa shape index (κ1) is 16.1. The Bertz CT molecular complexity index is 502. The van der Waals surface area contributed by atoms with Crippen LogP contribution in [0.1, 0.15) is 27.2 Å². The lowest BCUT2D eigenvalue weighted by Crippen LogP contribution is -2.35. The van der Waals surface area contributed by atoms with Gasteiger partial charge in [0.05, 0.1) is 17.3 Å². The second-order valence-corrected chi connectivity index (χ2v) is 7.05. The summed E-state index contributed by atoms with van der Waals surface area (Å²) in [5, 5.41) is 0. The molecule has 1 amide bonds. The predicted octanol–water partition coefficient (Wildman–Crippen LogP) is 3.48. The van der Waals surface area contributed by atoms with Crippen molar-refractivity contribution >= 4 is 22.0 Å². The second kappa shape index (κ2) is 6.64. The Labute approximate surface area is 133 Å². The van der Waals surface area contributed by atoms with Crippen LogP contribution in [0.5, 0.6) is 5.75 Å². The quantitative estimate of drug-likeness (QED) is 0.831. The molecule has 1 aliphatic heterocycles. The van der Waals surface area contributed by atoms with Crippen molar-refractivity contribution in [3.63, 3.8) is 0 Å². The smallest absolute Gasteiger partial charge is 0.410 e. The van der Waals surface area contributed by atoms with Crippen molar-refractivity contribution in [1.82, 2.24) is 9.88 Å². The van der Waals surface area contributed by atoms with Gasteiger partial charge in [0.1, 0.15) is 5.60 Å². The predicted molar refractivity (Wildman–Crippen MR) is 83.3 cm³/mol. The summed E-state index contributed by atoms with van der Waals surface area (Å²) in [5.41, 5.74) is -0.452. The lowest BCUT2D eigenvalue weighted by molar-refractivity contribution is 0.0285. The largest absolute Gasteiger partial charge is 0.490 e. The molecule has 1 unspecified atom stereocenters. The number of nitrogens with zero attached hydrogens (tertiary/aromatic N) is 2. The summed E-state index contributed by atoms with van der Waals surface area (Å²) in [4.78, 5) is 17.8. The van der Waals surface area contributed by atoms with Crippen molar-refractivity contribution in [2.45, 2.75) is 32.8 Å². The van der Waals surface area contributed by atoms with Crippen LogP contribution in [0.4, 0.5) is 4.79 Å². The van der Waals surface area contributed by atoms with Crippen molar-refractivity contribution < 1.29 is 14.3 Å². The third kappa shape index (κ3) is 4.88. The number of hydrogen-bond donors (Lipinski definition) is 0. The van der Waals surface area contributed by atoms with Crippen LogP contribution in [0.25, 0.3) is 0 Å². The van der Waals surface area contributed by atoms with Crippen LogP contribution >= 0.6 is 15.9 Å². The summed E-state index contributed by atoms with van der Waals surface area (Å²) in [5.74, 6) is 1.05. The van der Waals surface area contributed by atoms with Crippen molar-refractivity contribution in [3.05, 3.63) is 22.9 Å². The fourth-order valence-electron chi connectivity index (χ4n) is 2.14. The summed E-state index contributed by atoms with van der Waals surface area (Å²) in [6.45, 7) is 7.60. The SMILES string of the molecule is CC(C)(C)OC(=O)N1CCC(COc2cnccc2Br)C1. The molecule has 0 N–H and O–H groups in total. The maximum atomic E-state index is 12.0. The molecular weight excluding hydrogens is 336 g/mol. The number of carbonyl (C=O) groups excluding carboxylic acids is 1. The van der Waals surface area contributed by atoms with Crippen LogP contribution in [0.2, 0.25) is 0 Å². The minimum Gasteiger partial charge on any atom is -0.490 e. The van der Waals surface area contributed by atoms with Crippen LogP contribution in [0.3, 0.4) is 0 Å². The third-order valence-corrected chi connectivity index (χ3v) is 3.80. The Morgan fingerprint density at radius 3 is 2.95 bits per heavy atom. The van der Waals surface area contributed by atoms with E-state index in [4.69, 9.17) is 9.47 Å². The number of aromatic nitrogens is 1. The molecule has 0 aliphatic carbocycles. The highest BCUT2D eigenvalue weighted by atomic mass is 79.9. The van der Waals surface area contributed by atoms with Crippen molar-refractivity contribution in [2.75, 3.05) is 19.7 Å². The molecule has 6 heteroatoms. The van der Waals surface area contributed by atoms with Gasteiger partial charge in [-0.2, -0.15) is 0 Å². The van der Waals surface area contributed by atoms with Gasteiger partial charge in [0.15, 0.2) is 5.75 Å². The number of ether oxygens (including phenoxy) is 2. The van der Waals surface area contributed by atoms with E-state index in [0.717, 1.165) is 23.2 Å². The highest BCUT2D eigenvalue weighted by Crippen LogP contribution is 2.25. The Morgan fingerprint density at radius 1 is 1.52 bits per heavy atom. The molecule has 1 aromatic rings. The highest BCUT2D eigenvalue weighted by molar-refractivity contribution is 9.10. The zero-order chi connectivity index (χ0) is 15.5. The first-order chi connectivity index (χ1) is 9.85. The van der Waals surface area contributed by atoms with E-state index in [9.17, 15) is 4.79 Å². The number of likely N-dealkylation sites (tertiary alicyclic amines) is 1. The molecular formula is C15H21BrN2O3. The molecule has 1 aromatic heterocycles. The summed E-state index contributed by atoms with van der Waals surface area (Å²) in [7, 11) is 0. The highest BCUT2D eigenvalue weighted by Gasteiger charge is 2.30. The monoisotopic (exact) mass is 356 g/mol. The molecule has 1 atom stereocenters. The number of rotatable bonds is 3. The van der Waals surface area contributed by atoms with Gasteiger partial charge in [-0.3, -0.25) is 4.98 Å². The van der Waals surface area contributed by atoms with Gasteiger partial charge in [-0.25, -0.2) is 4.79 Å². The van der Waals surface area contributed by atoms with Crippen molar-refractivity contribution in [1.29, 1.82) is 0 Å². The second-order valence-electron chi connectivity index (χ2n) is 6.20. The van der Waals surface area contributed by atoms with Crippen LogP contribution in [-0.2, 0) is 4.74 Å². The van der Waals surface area contributed by atoms with E-state index >= 15 is 0 Å². The molecule has 1 saturated heterocycles. The third-order valence-electron chi connectivity index (χ3n) is 3.15. The lowest BCUT2D eigenvalue weighted by atomic mass is 10.1. The van der Waals surface area contributed by atoms with Gasteiger partial charge in [-0.1, -0.05) is 0 Å². The van der Waals surface area contributed by atoms with Crippen LogP contribution < -0.4 is 4.74 Å². The molecule has 0 aromatic carbocycles. The molecule has 0 saturated carbocycles. The molecule has 21 heavy (non-hydrogen) atoms. The number of amides is 1. The minimum absolute atomic E-state index is 0.243. The van der Waals surface area contributed by atoms with E-state index in [1.54, 1.807) is 17.3 Å². The summed E-state index contributed by atoms with van der Waals surface area (Å²) in [6.07, 6.45) is 4.07. The fourth-order valence-corrected chi connectivity index (χ4v) is 2.47. The van der Waals surface area contributed by atoms with E-state index in [-0.39, 0.29) is 6.09 Å². The standard InChI is InChI=1S/C15H21BrN2O3/c1-15(2,3)21-14(19)18-7-5-11(9-18)10-20-13-8-17-6-4-12(13)16/h4,6,8,11H,5,7,9-10H2,1-3H3. The van der Waals surface area contributed by atoms with Gasteiger partial charge in [-0.05, 0) is 49.2 Å². The Balaban J connectivity index is 1.80. The molecule has 1 fully saturated rings. The maximum absolute atomic E-state index is 12.0. The average Bonchev–Trinajstić information content (AvgIpc) is 2.85. The van der Waals surface area contributed by atoms with E-state index in [1.165, 1.54) is 0 Å². The lowest BCUT2D eigenvalue weighted by Gasteiger charge is -2.24. The van der Waals surface area contributed by atoms with Gasteiger partial charge in [-0.15, -0.1) is 0 Å². The van der Waals surface area contributed by atoms with Gasteiger partial charge >= 0.3 is 6.09 Å². The molecule has 0 radical (unpaired) electrons. The number of pyridine rings is 1. The Hall–Kier alpha value is -1.30. The zero-order valence-corrected chi connectivity index (χ0v) is 14.2. The summed E-state index contributed by atoms with van der Waals surface area (Å²) < 4.78 is 12.0. The molecule has 0 spiro atoms. The van der Waals surface area contributed by atoms with Crippen molar-refractivity contribution in [3.8, 4) is 5.75 Å². The van der Waals surface area contributed by atoms with Gasteiger partial charge < -0.3 is 14.4 Å². The van der Waals surface area contributed by atoms with Crippen LogP contribution in [-0.4, -0.2) is 41.3 Å². The van der Waals surface area contributed by atoms with Crippen molar-refractivity contribution in [2.24, 2.45) is 5.92 Å². The molecule has 2 rings (SSSR count). The fraction of sp³-hybridized carbons (Fsp3) is 0.600. The first-order valence-electron chi connectivity index (χ1n) is 7.05. The zero-order valence-electron chi connectivity index (χ0n) is 12.6. The Morgan fingerprint density at radius 2 is 2.29 bits per heavy atom. The average molecular weight is 357 g/mol. The Kier molecular flexibility index (Phi) is 5.08. The molecule has 116 valence electrons. The van der Waals surface area contributed by atoms with Gasteiger partial charge in [0.2, 0.25) is 0 Å². The van der Waals surface area contributed by atoms with E-state index in [0.29, 0.717) is 19.1 Å². The number of hydrogen-bond acceptors (Lipinski definition) is 4. The van der Waals surface area contributed by atoms with Crippen LogP contribution in [0, 0.1) is 5.92 Å². The molecule has 5 nitrogen and oxygen atoms in total. The van der Waals surface area contributed by atoms with Crippen LogP contribution in [0.15, 0.2) is 22.9 Å². The summed E-state index contributed by atoms with van der Waals surface area (Å²) >= 11 is 3.42. The molecule has 2 heterocycles. The van der Waals surface area contributed by atoms with E-state index < -0.39 is 5.60 Å². The molecule has 0 bridgehead atoms. The topological polar surface area (TPSA) is 51.7 Å². The number of halogens is 1. The first-order valence-corrected chi connectivity index (χ1v) is 7.85.